The van der Waals surface area contributed by atoms with E-state index in [1.54, 1.807) is 5.56 Å². The highest BCUT2D eigenvalue weighted by molar-refractivity contribution is 5.28. The van der Waals surface area contributed by atoms with Gasteiger partial charge in [0, 0.05) is 6.04 Å². The van der Waals surface area contributed by atoms with Gasteiger partial charge in [0.15, 0.2) is 0 Å². The molecular weight excluding hydrogens is 194 g/mol. The van der Waals surface area contributed by atoms with Gasteiger partial charge in [-0.3, -0.25) is 4.90 Å². The first-order chi connectivity index (χ1) is 7.75. The van der Waals surface area contributed by atoms with Crippen molar-refractivity contribution >= 4 is 0 Å². The molecule has 2 aliphatic rings. The molecule has 2 saturated heterocycles. The third-order valence-corrected chi connectivity index (χ3v) is 4.36. The molecule has 0 aliphatic carbocycles. The fourth-order valence-electron chi connectivity index (χ4n) is 3.37. The van der Waals surface area contributed by atoms with E-state index in [0.29, 0.717) is 5.92 Å². The summed E-state index contributed by atoms with van der Waals surface area (Å²) >= 11 is 0. The second kappa shape index (κ2) is 3.89. The minimum atomic E-state index is 0.648. The lowest BCUT2D eigenvalue weighted by atomic mass is 9.92. The molecule has 1 aromatic rings. The van der Waals surface area contributed by atoms with Crippen LogP contribution in [0.3, 0.4) is 0 Å². The maximum absolute atomic E-state index is 2.66. The van der Waals surface area contributed by atoms with Crippen molar-refractivity contribution in [2.75, 3.05) is 13.1 Å². The normalized spacial score (nSPS) is 32.6. The number of piperidine rings is 1. The fourth-order valence-corrected chi connectivity index (χ4v) is 3.37. The highest BCUT2D eigenvalue weighted by Gasteiger charge is 2.40. The Hall–Kier alpha value is -0.820. The molecule has 86 valence electrons. The van der Waals surface area contributed by atoms with Gasteiger partial charge in [0.25, 0.3) is 0 Å². The summed E-state index contributed by atoms with van der Waals surface area (Å²) in [6.07, 6.45) is 2.83. The molecule has 0 N–H and O–H groups in total. The molecule has 1 heteroatoms. The van der Waals surface area contributed by atoms with Crippen LogP contribution in [0.5, 0.6) is 0 Å². The van der Waals surface area contributed by atoms with E-state index in [1.807, 2.05) is 0 Å². The van der Waals surface area contributed by atoms with Crippen LogP contribution in [0.15, 0.2) is 24.3 Å². The smallest absolute Gasteiger partial charge is 0.0377 e. The predicted molar refractivity (Wildman–Crippen MR) is 67.6 cm³/mol. The van der Waals surface area contributed by atoms with Gasteiger partial charge in [-0.1, -0.05) is 38.1 Å². The summed E-state index contributed by atoms with van der Waals surface area (Å²) in [5.41, 5.74) is 3.01. The van der Waals surface area contributed by atoms with E-state index < -0.39 is 0 Å². The van der Waals surface area contributed by atoms with Crippen molar-refractivity contribution in [3.63, 3.8) is 0 Å². The zero-order chi connectivity index (χ0) is 11.1. The first-order valence-corrected chi connectivity index (χ1v) is 6.59. The van der Waals surface area contributed by atoms with E-state index in [2.05, 4.69) is 43.0 Å². The van der Waals surface area contributed by atoms with Gasteiger partial charge in [0.1, 0.15) is 0 Å². The van der Waals surface area contributed by atoms with E-state index in [9.17, 15) is 0 Å². The zero-order valence-electron chi connectivity index (χ0n) is 10.3. The molecule has 1 nitrogen and oxygen atoms in total. The molecule has 0 aromatic heterocycles. The molecule has 0 saturated carbocycles. The van der Waals surface area contributed by atoms with E-state index >= 15 is 0 Å². The second-order valence-corrected chi connectivity index (χ2v) is 5.64. The molecular formula is C15H21N. The molecule has 0 unspecified atom stereocenters. The summed E-state index contributed by atoms with van der Waals surface area (Å²) in [6, 6.07) is 10.1. The Morgan fingerprint density at radius 1 is 1.06 bits per heavy atom. The Morgan fingerprint density at radius 3 is 2.12 bits per heavy atom. The highest BCUT2D eigenvalue weighted by atomic mass is 15.2. The van der Waals surface area contributed by atoms with Crippen LogP contribution in [0.4, 0.5) is 0 Å². The summed E-state index contributed by atoms with van der Waals surface area (Å²) in [7, 11) is 0. The Balaban J connectivity index is 1.85. The number of rotatable bonds is 2. The minimum absolute atomic E-state index is 0.648. The zero-order valence-corrected chi connectivity index (χ0v) is 10.3. The van der Waals surface area contributed by atoms with Crippen molar-refractivity contribution in [1.82, 2.24) is 4.90 Å². The third kappa shape index (κ3) is 1.58. The summed E-state index contributed by atoms with van der Waals surface area (Å²) in [4.78, 5) is 2.66. The minimum Gasteiger partial charge on any atom is -0.296 e. The Labute approximate surface area is 98.5 Å². The SMILES string of the molecule is CC(C)c1ccc([C@@H]2C3CCN2CC3)cc1. The molecule has 0 radical (unpaired) electrons. The number of nitrogens with zero attached hydrogens (tertiary/aromatic N) is 1. The Bertz CT molecular complexity index is 346. The van der Waals surface area contributed by atoms with Crippen molar-refractivity contribution in [2.45, 2.75) is 38.6 Å². The largest absolute Gasteiger partial charge is 0.296 e. The van der Waals surface area contributed by atoms with Gasteiger partial charge in [0.2, 0.25) is 0 Å². The topological polar surface area (TPSA) is 3.24 Å². The maximum atomic E-state index is 2.66. The molecule has 2 heterocycles. The summed E-state index contributed by atoms with van der Waals surface area (Å²) in [5, 5.41) is 0. The van der Waals surface area contributed by atoms with Crippen molar-refractivity contribution in [3.8, 4) is 0 Å². The average molecular weight is 215 g/mol. The second-order valence-electron chi connectivity index (χ2n) is 5.64. The number of hydrogen-bond acceptors (Lipinski definition) is 1. The fraction of sp³-hybridized carbons (Fsp3) is 0.600. The Morgan fingerprint density at radius 2 is 1.69 bits per heavy atom. The number of benzene rings is 1. The van der Waals surface area contributed by atoms with Crippen molar-refractivity contribution in [3.05, 3.63) is 35.4 Å². The summed E-state index contributed by atoms with van der Waals surface area (Å²) in [6.45, 7) is 7.16. The standard InChI is InChI=1S/C15H21N/c1-11(2)12-3-5-13(6-4-12)15-14-7-9-16(15)10-8-14/h3-6,11,14-15H,7-10H2,1-2H3/t15-/m1/s1. The molecule has 0 amide bonds. The first-order valence-electron chi connectivity index (χ1n) is 6.59. The van der Waals surface area contributed by atoms with Crippen LogP contribution in [0.1, 0.15) is 49.8 Å². The van der Waals surface area contributed by atoms with E-state index in [4.69, 9.17) is 0 Å². The Kier molecular flexibility index (Phi) is 2.51. The van der Waals surface area contributed by atoms with Crippen molar-refractivity contribution in [1.29, 1.82) is 0 Å². The molecule has 2 fully saturated rings. The number of hydrogen-bond donors (Lipinski definition) is 0. The number of fused-ring (bicyclic) bond motifs is 2. The van der Waals surface area contributed by atoms with Crippen molar-refractivity contribution in [2.24, 2.45) is 5.92 Å². The lowest BCUT2D eigenvalue weighted by Gasteiger charge is -2.20. The van der Waals surface area contributed by atoms with Crippen LogP contribution in [0.2, 0.25) is 0 Å². The van der Waals surface area contributed by atoms with E-state index in [-0.39, 0.29) is 0 Å². The van der Waals surface area contributed by atoms with Crippen LogP contribution in [-0.4, -0.2) is 18.0 Å². The van der Waals surface area contributed by atoms with Gasteiger partial charge in [-0.25, -0.2) is 0 Å². The third-order valence-electron chi connectivity index (χ3n) is 4.36. The highest BCUT2D eigenvalue weighted by Crippen LogP contribution is 2.44. The molecule has 3 rings (SSSR count). The van der Waals surface area contributed by atoms with Crippen LogP contribution in [-0.2, 0) is 0 Å². The van der Waals surface area contributed by atoms with Gasteiger partial charge >= 0.3 is 0 Å². The van der Waals surface area contributed by atoms with Crippen LogP contribution in [0.25, 0.3) is 0 Å². The van der Waals surface area contributed by atoms with Crippen molar-refractivity contribution < 1.29 is 0 Å². The van der Waals surface area contributed by atoms with Crippen LogP contribution in [0, 0.1) is 5.92 Å². The molecule has 2 aliphatic heterocycles. The molecule has 0 spiro atoms. The lowest BCUT2D eigenvalue weighted by molar-refractivity contribution is 0.305. The quantitative estimate of drug-likeness (QED) is 0.729. The predicted octanol–water partition coefficient (Wildman–Crippen LogP) is 3.58. The molecule has 1 atom stereocenters. The van der Waals surface area contributed by atoms with Gasteiger partial charge in [-0.15, -0.1) is 0 Å². The van der Waals surface area contributed by atoms with Gasteiger partial charge < -0.3 is 0 Å². The molecule has 1 aromatic carbocycles. The summed E-state index contributed by atoms with van der Waals surface area (Å²) < 4.78 is 0. The molecule has 16 heavy (non-hydrogen) atoms. The lowest BCUT2D eigenvalue weighted by Crippen LogP contribution is -2.19. The van der Waals surface area contributed by atoms with Crippen LogP contribution < -0.4 is 0 Å². The van der Waals surface area contributed by atoms with Crippen LogP contribution >= 0.6 is 0 Å². The van der Waals surface area contributed by atoms with Gasteiger partial charge in [0.05, 0.1) is 0 Å². The van der Waals surface area contributed by atoms with E-state index in [1.165, 1.54) is 31.5 Å². The van der Waals surface area contributed by atoms with Gasteiger partial charge in [-0.05, 0) is 48.9 Å². The van der Waals surface area contributed by atoms with E-state index in [0.717, 1.165) is 12.0 Å². The van der Waals surface area contributed by atoms with Gasteiger partial charge in [-0.2, -0.15) is 0 Å². The maximum Gasteiger partial charge on any atom is 0.0377 e. The molecule has 2 bridgehead atoms. The summed E-state index contributed by atoms with van der Waals surface area (Å²) in [5.74, 6) is 1.58. The first kappa shape index (κ1) is 10.3. The monoisotopic (exact) mass is 215 g/mol. The average Bonchev–Trinajstić information content (AvgIpc) is 2.88.